The summed E-state index contributed by atoms with van der Waals surface area (Å²) in [6, 6.07) is 22.4. The third kappa shape index (κ3) is 5.10. The quantitative estimate of drug-likeness (QED) is 0.153. The van der Waals surface area contributed by atoms with Crippen LogP contribution in [0, 0.1) is 17.0 Å². The van der Waals surface area contributed by atoms with Crippen molar-refractivity contribution in [1.82, 2.24) is 20.2 Å². The predicted octanol–water partition coefficient (Wildman–Crippen LogP) is 5.30. The van der Waals surface area contributed by atoms with E-state index in [9.17, 15) is 19.7 Å². The molecule has 38 heavy (non-hydrogen) atoms. The fourth-order valence-corrected chi connectivity index (χ4v) is 4.92. The lowest BCUT2D eigenvalue weighted by atomic mass is 10.1. The van der Waals surface area contributed by atoms with E-state index in [1.165, 1.54) is 12.1 Å². The first-order valence-electron chi connectivity index (χ1n) is 11.4. The van der Waals surface area contributed by atoms with Crippen LogP contribution in [0.4, 0.5) is 5.69 Å². The summed E-state index contributed by atoms with van der Waals surface area (Å²) >= 11 is 6.43. The zero-order chi connectivity index (χ0) is 26.8. The van der Waals surface area contributed by atoms with E-state index < -0.39 is 16.7 Å². The van der Waals surface area contributed by atoms with E-state index in [-0.39, 0.29) is 10.0 Å². The molecule has 1 N–H and O–H groups in total. The SMILES string of the molecule is Cc1ccc(C(=O)NN2C(=O)C(=Cc3cn(-c4ccccc4)nc3-c3ccc([N+](=O)[O-])cc3)SC2=S)cc1. The van der Waals surface area contributed by atoms with Gasteiger partial charge in [-0.05, 0) is 61.6 Å². The minimum absolute atomic E-state index is 0.0389. The number of carbonyl (C=O) groups excluding carboxylic acids is 2. The van der Waals surface area contributed by atoms with E-state index >= 15 is 0 Å². The number of nitro groups is 1. The molecule has 11 heteroatoms. The molecule has 2 amide bonds. The maximum Gasteiger partial charge on any atom is 0.285 e. The van der Waals surface area contributed by atoms with Crippen molar-refractivity contribution < 1.29 is 14.5 Å². The molecule has 1 aliphatic heterocycles. The van der Waals surface area contributed by atoms with Crippen molar-refractivity contribution in [3.63, 3.8) is 0 Å². The molecule has 0 atom stereocenters. The van der Waals surface area contributed by atoms with E-state index in [0.29, 0.717) is 27.3 Å². The van der Waals surface area contributed by atoms with Crippen molar-refractivity contribution in [2.75, 3.05) is 0 Å². The molecule has 5 rings (SSSR count). The number of nitrogens with one attached hydrogen (secondary N) is 1. The molecule has 1 aliphatic rings. The summed E-state index contributed by atoms with van der Waals surface area (Å²) in [7, 11) is 0. The number of thioether (sulfide) groups is 1. The number of aromatic nitrogens is 2. The molecule has 188 valence electrons. The van der Waals surface area contributed by atoms with Crippen molar-refractivity contribution in [2.45, 2.75) is 6.92 Å². The van der Waals surface area contributed by atoms with Gasteiger partial charge in [-0.3, -0.25) is 25.1 Å². The first kappa shape index (κ1) is 25.1. The number of aryl methyl sites for hydroxylation is 1. The first-order valence-corrected chi connectivity index (χ1v) is 12.6. The maximum absolute atomic E-state index is 13.2. The lowest BCUT2D eigenvalue weighted by Gasteiger charge is -2.15. The smallest absolute Gasteiger partial charge is 0.267 e. The van der Waals surface area contributed by atoms with Gasteiger partial charge in [-0.15, -0.1) is 0 Å². The molecule has 1 fully saturated rings. The number of rotatable bonds is 6. The number of hydrazine groups is 1. The third-order valence-electron chi connectivity index (χ3n) is 5.72. The van der Waals surface area contributed by atoms with Crippen LogP contribution in [0.5, 0.6) is 0 Å². The Morgan fingerprint density at radius 3 is 2.39 bits per heavy atom. The summed E-state index contributed by atoms with van der Waals surface area (Å²) in [5.74, 6) is -0.923. The van der Waals surface area contributed by atoms with Crippen molar-refractivity contribution >= 4 is 51.9 Å². The summed E-state index contributed by atoms with van der Waals surface area (Å²) in [5, 5.41) is 16.9. The van der Waals surface area contributed by atoms with Crippen molar-refractivity contribution in [1.29, 1.82) is 0 Å². The highest BCUT2D eigenvalue weighted by Gasteiger charge is 2.34. The second-order valence-electron chi connectivity index (χ2n) is 8.34. The highest BCUT2D eigenvalue weighted by molar-refractivity contribution is 8.26. The molecule has 9 nitrogen and oxygen atoms in total. The Kier molecular flexibility index (Phi) is 6.86. The van der Waals surface area contributed by atoms with Crippen LogP contribution in [0.25, 0.3) is 23.0 Å². The molecule has 4 aromatic rings. The summed E-state index contributed by atoms with van der Waals surface area (Å²) in [6.45, 7) is 1.92. The van der Waals surface area contributed by atoms with Gasteiger partial charge in [-0.1, -0.05) is 47.7 Å². The Labute approximate surface area is 226 Å². The number of hydrogen-bond donors (Lipinski definition) is 1. The number of benzene rings is 3. The fourth-order valence-electron chi connectivity index (χ4n) is 3.75. The topological polar surface area (TPSA) is 110 Å². The molecule has 0 saturated carbocycles. The Bertz CT molecular complexity index is 1600. The van der Waals surface area contributed by atoms with Gasteiger partial charge in [0.15, 0.2) is 4.32 Å². The van der Waals surface area contributed by atoms with Gasteiger partial charge in [0.25, 0.3) is 17.5 Å². The highest BCUT2D eigenvalue weighted by Crippen LogP contribution is 2.34. The molecule has 0 radical (unpaired) electrons. The van der Waals surface area contributed by atoms with E-state index in [1.54, 1.807) is 41.2 Å². The summed E-state index contributed by atoms with van der Waals surface area (Å²) in [6.07, 6.45) is 3.42. The molecular formula is C27H19N5O4S2. The Balaban J connectivity index is 1.48. The molecule has 3 aromatic carbocycles. The van der Waals surface area contributed by atoms with Crippen LogP contribution in [-0.4, -0.2) is 35.8 Å². The Hall–Kier alpha value is -4.61. The summed E-state index contributed by atoms with van der Waals surface area (Å²) in [4.78, 5) is 36.8. The molecule has 0 aliphatic carbocycles. The number of nitro benzene ring substituents is 1. The van der Waals surface area contributed by atoms with Crippen molar-refractivity contribution in [3.8, 4) is 16.9 Å². The van der Waals surface area contributed by atoms with E-state index in [2.05, 4.69) is 5.43 Å². The van der Waals surface area contributed by atoms with Gasteiger partial charge in [0.1, 0.15) is 0 Å². The molecule has 0 unspecified atom stereocenters. The second kappa shape index (κ2) is 10.4. The lowest BCUT2D eigenvalue weighted by Crippen LogP contribution is -2.44. The Morgan fingerprint density at radius 2 is 1.74 bits per heavy atom. The van der Waals surface area contributed by atoms with E-state index in [4.69, 9.17) is 17.3 Å². The van der Waals surface area contributed by atoms with Gasteiger partial charge in [-0.2, -0.15) is 10.1 Å². The largest absolute Gasteiger partial charge is 0.285 e. The third-order valence-corrected chi connectivity index (χ3v) is 7.02. The number of amides is 2. The normalized spacial score (nSPS) is 14.2. The van der Waals surface area contributed by atoms with Gasteiger partial charge in [-0.25, -0.2) is 4.68 Å². The zero-order valence-corrected chi connectivity index (χ0v) is 21.5. The molecule has 1 aromatic heterocycles. The lowest BCUT2D eigenvalue weighted by molar-refractivity contribution is -0.384. The number of carbonyl (C=O) groups is 2. The summed E-state index contributed by atoms with van der Waals surface area (Å²) in [5.41, 5.74) is 6.52. The van der Waals surface area contributed by atoms with Gasteiger partial charge < -0.3 is 0 Å². The van der Waals surface area contributed by atoms with Crippen LogP contribution in [-0.2, 0) is 4.79 Å². The molecule has 1 saturated heterocycles. The standard InChI is InChI=1S/C27H19N5O4S2/c1-17-7-9-19(10-8-17)25(33)29-31-26(34)23(38-27(31)37)15-20-16-30(21-5-3-2-4-6-21)28-24(20)18-11-13-22(14-12-18)32(35)36/h2-16H,1H3,(H,29,33). The van der Waals surface area contributed by atoms with Crippen LogP contribution in [0.3, 0.4) is 0 Å². The van der Waals surface area contributed by atoms with Gasteiger partial charge in [0, 0.05) is 35.0 Å². The average Bonchev–Trinajstić information content (AvgIpc) is 3.46. The Morgan fingerprint density at radius 1 is 1.05 bits per heavy atom. The van der Waals surface area contributed by atoms with E-state index in [1.807, 2.05) is 49.4 Å². The average molecular weight is 542 g/mol. The predicted molar refractivity (Wildman–Crippen MR) is 149 cm³/mol. The van der Waals surface area contributed by atoms with Gasteiger partial charge in [0.05, 0.1) is 21.2 Å². The van der Waals surface area contributed by atoms with Crippen molar-refractivity contribution in [2.24, 2.45) is 0 Å². The summed E-state index contributed by atoms with van der Waals surface area (Å²) < 4.78 is 1.86. The van der Waals surface area contributed by atoms with Crippen LogP contribution >= 0.6 is 24.0 Å². The van der Waals surface area contributed by atoms with Crippen LogP contribution in [0.1, 0.15) is 21.5 Å². The van der Waals surface area contributed by atoms with Crippen LogP contribution in [0.2, 0.25) is 0 Å². The molecule has 2 heterocycles. The zero-order valence-electron chi connectivity index (χ0n) is 19.9. The minimum Gasteiger partial charge on any atom is -0.267 e. The number of thiocarbonyl (C=S) groups is 1. The monoisotopic (exact) mass is 541 g/mol. The maximum atomic E-state index is 13.2. The first-order chi connectivity index (χ1) is 18.3. The van der Waals surface area contributed by atoms with Gasteiger partial charge in [0.2, 0.25) is 0 Å². The van der Waals surface area contributed by atoms with E-state index in [0.717, 1.165) is 28.0 Å². The fraction of sp³-hybridized carbons (Fsp3) is 0.0370. The minimum atomic E-state index is -0.470. The highest BCUT2D eigenvalue weighted by atomic mass is 32.2. The number of nitrogens with zero attached hydrogens (tertiary/aromatic N) is 4. The second-order valence-corrected chi connectivity index (χ2v) is 10.0. The molecule has 0 spiro atoms. The van der Waals surface area contributed by atoms with Gasteiger partial charge >= 0.3 is 0 Å². The van der Waals surface area contributed by atoms with Crippen molar-refractivity contribution in [3.05, 3.63) is 117 Å². The van der Waals surface area contributed by atoms with Crippen LogP contribution < -0.4 is 5.43 Å². The number of non-ortho nitro benzene ring substituents is 1. The molecular weight excluding hydrogens is 522 g/mol. The van der Waals surface area contributed by atoms with Crippen LogP contribution in [0.15, 0.2) is 90.0 Å². The number of hydrogen-bond acceptors (Lipinski definition) is 7. The molecule has 0 bridgehead atoms. The number of para-hydroxylation sites is 1.